The molecule has 3 N–H and O–H groups in total. The minimum Gasteiger partial charge on any atom is -0.350 e. The molecule has 0 spiro atoms. The summed E-state index contributed by atoms with van der Waals surface area (Å²) in [5.74, 6) is 1.10. The summed E-state index contributed by atoms with van der Waals surface area (Å²) >= 11 is 1.69. The van der Waals surface area contributed by atoms with Gasteiger partial charge in [0.15, 0.2) is 0 Å². The van der Waals surface area contributed by atoms with E-state index in [1.165, 1.54) is 0 Å². The number of hydrogen-bond acceptors (Lipinski definition) is 3. The Kier molecular flexibility index (Phi) is 2.82. The largest absolute Gasteiger partial charge is 0.350 e. The third-order valence-electron chi connectivity index (χ3n) is 1.18. The Morgan fingerprint density at radius 2 is 2.60 bits per heavy atom. The number of nitrogens with two attached hydrogens (primary N) is 1. The number of carbonyl (C=O) groups is 1. The Hall–Kier alpha value is -0.420. The van der Waals surface area contributed by atoms with Crippen LogP contribution in [0.2, 0.25) is 0 Å². The first-order valence-corrected chi connectivity index (χ1v) is 4.16. The van der Waals surface area contributed by atoms with Crippen molar-refractivity contribution in [2.45, 2.75) is 18.3 Å². The molecular formula is C5H10N2O2S. The molecule has 1 aliphatic heterocycles. The molecule has 1 unspecified atom stereocenters. The fourth-order valence-electron chi connectivity index (χ4n) is 0.765. The Bertz CT molecular complexity index is 125. The molecule has 4 nitrogen and oxygen atoms in total. The lowest BCUT2D eigenvalue weighted by Crippen LogP contribution is -2.31. The highest BCUT2D eigenvalue weighted by Crippen LogP contribution is 2.25. The lowest BCUT2D eigenvalue weighted by molar-refractivity contribution is 0.0457. The highest BCUT2D eigenvalue weighted by Gasteiger charge is 2.16. The second kappa shape index (κ2) is 3.68. The highest BCUT2D eigenvalue weighted by molar-refractivity contribution is 8.00. The van der Waals surface area contributed by atoms with Crippen LogP contribution in [-0.2, 0) is 4.84 Å². The second-order valence-electron chi connectivity index (χ2n) is 2.03. The van der Waals surface area contributed by atoms with E-state index >= 15 is 0 Å². The zero-order valence-corrected chi connectivity index (χ0v) is 6.32. The van der Waals surface area contributed by atoms with Crippen LogP contribution in [0.1, 0.15) is 12.8 Å². The average molecular weight is 162 g/mol. The second-order valence-corrected chi connectivity index (χ2v) is 3.29. The zero-order valence-electron chi connectivity index (χ0n) is 5.50. The number of thioether (sulfide) groups is 1. The van der Waals surface area contributed by atoms with Crippen molar-refractivity contribution < 1.29 is 9.63 Å². The van der Waals surface area contributed by atoms with E-state index in [-0.39, 0.29) is 5.44 Å². The number of amides is 2. The van der Waals surface area contributed by atoms with E-state index in [1.54, 1.807) is 11.8 Å². The first kappa shape index (κ1) is 7.68. The normalized spacial score (nSPS) is 24.6. The maximum atomic E-state index is 10.1. The van der Waals surface area contributed by atoms with Crippen LogP contribution in [0, 0.1) is 0 Å². The van der Waals surface area contributed by atoms with Crippen molar-refractivity contribution in [3.05, 3.63) is 0 Å². The van der Waals surface area contributed by atoms with E-state index in [2.05, 4.69) is 5.48 Å². The van der Waals surface area contributed by atoms with Gasteiger partial charge in [-0.25, -0.2) is 10.3 Å². The third kappa shape index (κ3) is 2.45. The van der Waals surface area contributed by atoms with Gasteiger partial charge in [0.2, 0.25) is 0 Å². The van der Waals surface area contributed by atoms with Crippen LogP contribution in [0.3, 0.4) is 0 Å². The van der Waals surface area contributed by atoms with E-state index in [4.69, 9.17) is 10.6 Å². The van der Waals surface area contributed by atoms with E-state index in [0.717, 1.165) is 18.6 Å². The van der Waals surface area contributed by atoms with Crippen LogP contribution in [-0.4, -0.2) is 17.2 Å². The fraction of sp³-hybridized carbons (Fsp3) is 0.800. The molecule has 0 bridgehead atoms. The van der Waals surface area contributed by atoms with Crippen molar-refractivity contribution in [3.8, 4) is 0 Å². The van der Waals surface area contributed by atoms with Crippen molar-refractivity contribution in [3.63, 3.8) is 0 Å². The molecule has 0 saturated carbocycles. The molecule has 1 aliphatic rings. The average Bonchev–Trinajstić information content (AvgIpc) is 2.34. The van der Waals surface area contributed by atoms with Crippen molar-refractivity contribution >= 4 is 17.8 Å². The molecule has 1 heterocycles. The number of hydrogen-bond donors (Lipinski definition) is 2. The van der Waals surface area contributed by atoms with Gasteiger partial charge in [0.25, 0.3) is 0 Å². The summed E-state index contributed by atoms with van der Waals surface area (Å²) in [6.07, 6.45) is 2.14. The van der Waals surface area contributed by atoms with Gasteiger partial charge in [-0.2, -0.15) is 0 Å². The molecule has 2 amide bonds. The quantitative estimate of drug-likeness (QED) is 0.579. The smallest absolute Gasteiger partial charge is 0.336 e. The summed E-state index contributed by atoms with van der Waals surface area (Å²) in [5, 5.41) is 0. The molecule has 0 aromatic rings. The highest BCUT2D eigenvalue weighted by atomic mass is 32.2. The van der Waals surface area contributed by atoms with Crippen LogP contribution in [0.4, 0.5) is 4.79 Å². The Morgan fingerprint density at radius 3 is 3.10 bits per heavy atom. The molecule has 1 rings (SSSR count). The van der Waals surface area contributed by atoms with E-state index in [0.29, 0.717) is 0 Å². The fourth-order valence-corrected chi connectivity index (χ4v) is 1.81. The van der Waals surface area contributed by atoms with E-state index in [1.807, 2.05) is 0 Å². The van der Waals surface area contributed by atoms with Gasteiger partial charge in [-0.1, -0.05) is 0 Å². The Morgan fingerprint density at radius 1 is 1.80 bits per heavy atom. The van der Waals surface area contributed by atoms with E-state index < -0.39 is 6.03 Å². The van der Waals surface area contributed by atoms with Crippen molar-refractivity contribution in [2.24, 2.45) is 5.73 Å². The molecule has 10 heavy (non-hydrogen) atoms. The maximum absolute atomic E-state index is 10.1. The molecule has 58 valence electrons. The summed E-state index contributed by atoms with van der Waals surface area (Å²) in [4.78, 5) is 15.0. The number of hydroxylamine groups is 1. The topological polar surface area (TPSA) is 64.4 Å². The predicted molar refractivity (Wildman–Crippen MR) is 39.3 cm³/mol. The first-order valence-electron chi connectivity index (χ1n) is 3.12. The van der Waals surface area contributed by atoms with Crippen molar-refractivity contribution in [2.75, 3.05) is 5.75 Å². The van der Waals surface area contributed by atoms with Crippen LogP contribution >= 0.6 is 11.8 Å². The standard InChI is InChI=1S/C5H10N2O2S/c6-5(8)7-9-4-2-1-3-10-4/h4H,1-3H2,(H3,6,7,8). The number of nitrogens with one attached hydrogen (secondary N) is 1. The van der Waals surface area contributed by atoms with Crippen molar-refractivity contribution in [1.29, 1.82) is 0 Å². The van der Waals surface area contributed by atoms with Crippen LogP contribution in [0.15, 0.2) is 0 Å². The molecule has 0 aromatic carbocycles. The van der Waals surface area contributed by atoms with Gasteiger partial charge in [-0.05, 0) is 18.6 Å². The minimum atomic E-state index is -0.632. The number of urea groups is 1. The van der Waals surface area contributed by atoms with Gasteiger partial charge in [0, 0.05) is 0 Å². The zero-order chi connectivity index (χ0) is 7.40. The summed E-state index contributed by atoms with van der Waals surface area (Å²) < 4.78 is 0. The summed E-state index contributed by atoms with van der Waals surface area (Å²) in [6, 6.07) is -0.632. The van der Waals surface area contributed by atoms with E-state index in [9.17, 15) is 4.79 Å². The lowest BCUT2D eigenvalue weighted by Gasteiger charge is -2.07. The van der Waals surface area contributed by atoms with Gasteiger partial charge in [0.05, 0.1) is 0 Å². The molecule has 1 saturated heterocycles. The van der Waals surface area contributed by atoms with Crippen LogP contribution in [0.5, 0.6) is 0 Å². The Balaban J connectivity index is 2.07. The molecule has 5 heteroatoms. The first-order chi connectivity index (χ1) is 4.79. The summed E-state index contributed by atoms with van der Waals surface area (Å²) in [7, 11) is 0. The van der Waals surface area contributed by atoms with Gasteiger partial charge < -0.3 is 5.73 Å². The molecule has 0 aromatic heterocycles. The number of rotatable bonds is 2. The Labute approximate surface area is 63.4 Å². The third-order valence-corrected chi connectivity index (χ3v) is 2.41. The molecular weight excluding hydrogens is 152 g/mol. The number of carbonyl (C=O) groups excluding carboxylic acids is 1. The molecule has 1 fully saturated rings. The lowest BCUT2D eigenvalue weighted by atomic mass is 10.4. The van der Waals surface area contributed by atoms with Gasteiger partial charge in [-0.15, -0.1) is 11.8 Å². The SMILES string of the molecule is NC(=O)NOC1CCCS1. The maximum Gasteiger partial charge on any atom is 0.336 e. The van der Waals surface area contributed by atoms with Gasteiger partial charge in [-0.3, -0.25) is 4.84 Å². The van der Waals surface area contributed by atoms with Gasteiger partial charge in [0.1, 0.15) is 5.44 Å². The van der Waals surface area contributed by atoms with Crippen LogP contribution in [0.25, 0.3) is 0 Å². The predicted octanol–water partition coefficient (Wildman–Crippen LogP) is 0.439. The minimum absolute atomic E-state index is 0.104. The number of primary amides is 1. The molecule has 1 atom stereocenters. The summed E-state index contributed by atoms with van der Waals surface area (Å²) in [5.41, 5.74) is 7.00. The summed E-state index contributed by atoms with van der Waals surface area (Å²) in [6.45, 7) is 0. The van der Waals surface area contributed by atoms with Crippen molar-refractivity contribution in [1.82, 2.24) is 5.48 Å². The monoisotopic (exact) mass is 162 g/mol. The molecule has 0 aliphatic carbocycles. The van der Waals surface area contributed by atoms with Crippen LogP contribution < -0.4 is 11.2 Å². The molecule has 0 radical (unpaired) electrons. The van der Waals surface area contributed by atoms with Gasteiger partial charge >= 0.3 is 6.03 Å².